The quantitative estimate of drug-likeness (QED) is 0.346. The minimum Gasteiger partial charge on any atom is -0.497 e. The first-order chi connectivity index (χ1) is 15.9. The molecule has 0 atom stereocenters. The van der Waals surface area contributed by atoms with Crippen molar-refractivity contribution in [2.45, 2.75) is 17.9 Å². The molecule has 2 aromatic heterocycles. The van der Waals surface area contributed by atoms with Gasteiger partial charge in [-0.1, -0.05) is 35.1 Å². The van der Waals surface area contributed by atoms with Crippen molar-refractivity contribution in [1.29, 1.82) is 0 Å². The van der Waals surface area contributed by atoms with Crippen LogP contribution in [0.1, 0.15) is 12.0 Å². The van der Waals surface area contributed by atoms with E-state index in [9.17, 15) is 13.2 Å². The molecule has 0 fully saturated rings. The van der Waals surface area contributed by atoms with E-state index in [0.29, 0.717) is 21.4 Å². The highest BCUT2D eigenvalue weighted by atomic mass is 35.5. The maximum absolute atomic E-state index is 13.2. The summed E-state index contributed by atoms with van der Waals surface area (Å²) in [5.74, 6) is -0.124. The van der Waals surface area contributed by atoms with E-state index in [0.717, 1.165) is 10.3 Å². The number of nitrogens with zero attached hydrogens (tertiary/aromatic N) is 3. The predicted octanol–water partition coefficient (Wildman–Crippen LogP) is 4.75. The third-order valence-corrected chi connectivity index (χ3v) is 8.04. The van der Waals surface area contributed by atoms with Crippen LogP contribution in [0.5, 0.6) is 5.75 Å². The van der Waals surface area contributed by atoms with Crippen LogP contribution < -0.4 is 9.64 Å². The Labute approximate surface area is 200 Å². The Morgan fingerprint density at radius 3 is 2.58 bits per heavy atom. The second kappa shape index (κ2) is 9.86. The summed E-state index contributed by atoms with van der Waals surface area (Å²) in [4.78, 5) is 23.5. The number of fused-ring (bicyclic) bond motifs is 1. The lowest BCUT2D eigenvalue weighted by molar-refractivity contribution is -0.118. The number of ether oxygens (including phenoxy) is 1. The van der Waals surface area contributed by atoms with Crippen LogP contribution in [0, 0.1) is 0 Å². The minimum atomic E-state index is -3.65. The van der Waals surface area contributed by atoms with Gasteiger partial charge in [-0.15, -0.1) is 0 Å². The molecule has 33 heavy (non-hydrogen) atoms. The van der Waals surface area contributed by atoms with Crippen molar-refractivity contribution in [2.75, 3.05) is 17.8 Å². The van der Waals surface area contributed by atoms with Gasteiger partial charge in [0.2, 0.25) is 5.91 Å². The lowest BCUT2D eigenvalue weighted by Crippen LogP contribution is -2.31. The molecule has 0 aliphatic carbocycles. The summed E-state index contributed by atoms with van der Waals surface area (Å²) in [6.07, 6.45) is 3.11. The van der Waals surface area contributed by atoms with Crippen molar-refractivity contribution in [3.8, 4) is 5.75 Å². The van der Waals surface area contributed by atoms with Crippen LogP contribution in [-0.2, 0) is 21.2 Å². The number of amides is 1. The lowest BCUT2D eigenvalue weighted by atomic mass is 10.2. The number of aromatic nitrogens is 2. The SMILES string of the molecule is COc1ccc(S(=O)(=O)CCC(=O)N(Cc2cccnc2)c2nc3c(Cl)cccc3s2)cc1. The fourth-order valence-electron chi connectivity index (χ4n) is 3.21. The van der Waals surface area contributed by atoms with Crippen LogP contribution in [0.15, 0.2) is 71.9 Å². The Bertz CT molecular complexity index is 1370. The molecule has 0 radical (unpaired) electrons. The highest BCUT2D eigenvalue weighted by Gasteiger charge is 2.24. The number of thiazole rings is 1. The third kappa shape index (κ3) is 5.32. The summed E-state index contributed by atoms with van der Waals surface area (Å²) in [6, 6.07) is 15.2. The Hall–Kier alpha value is -3.01. The number of benzene rings is 2. The summed E-state index contributed by atoms with van der Waals surface area (Å²) in [5, 5.41) is 0.944. The molecular weight excluding hydrogens is 482 g/mol. The van der Waals surface area contributed by atoms with Crippen LogP contribution in [0.2, 0.25) is 5.02 Å². The maximum Gasteiger partial charge on any atom is 0.230 e. The van der Waals surface area contributed by atoms with Crippen molar-refractivity contribution < 1.29 is 17.9 Å². The predicted molar refractivity (Wildman–Crippen MR) is 130 cm³/mol. The number of carbonyl (C=O) groups excluding carboxylic acids is 1. The zero-order valence-corrected chi connectivity index (χ0v) is 20.0. The van der Waals surface area contributed by atoms with Gasteiger partial charge in [0.25, 0.3) is 0 Å². The molecule has 7 nitrogen and oxygen atoms in total. The number of methoxy groups -OCH3 is 1. The highest BCUT2D eigenvalue weighted by Crippen LogP contribution is 2.34. The molecule has 1 amide bonds. The van der Waals surface area contributed by atoms with Crippen LogP contribution in [0.4, 0.5) is 5.13 Å². The lowest BCUT2D eigenvalue weighted by Gasteiger charge is -2.20. The number of hydrogen-bond acceptors (Lipinski definition) is 7. The summed E-state index contributed by atoms with van der Waals surface area (Å²) in [7, 11) is -2.15. The van der Waals surface area contributed by atoms with E-state index >= 15 is 0 Å². The van der Waals surface area contributed by atoms with E-state index < -0.39 is 9.84 Å². The first kappa shape index (κ1) is 23.2. The van der Waals surface area contributed by atoms with E-state index in [1.165, 1.54) is 35.5 Å². The molecule has 0 spiro atoms. The minimum absolute atomic E-state index is 0.140. The molecule has 0 aliphatic rings. The molecule has 2 heterocycles. The van der Waals surface area contributed by atoms with Gasteiger partial charge in [0, 0.05) is 18.8 Å². The Balaban J connectivity index is 1.59. The third-order valence-electron chi connectivity index (χ3n) is 4.96. The number of carbonyl (C=O) groups is 1. The fourth-order valence-corrected chi connectivity index (χ4v) is 5.72. The van der Waals surface area contributed by atoms with Gasteiger partial charge in [-0.05, 0) is 48.0 Å². The number of pyridine rings is 1. The number of sulfone groups is 1. The molecule has 0 saturated carbocycles. The van der Waals surface area contributed by atoms with Crippen molar-refractivity contribution in [3.63, 3.8) is 0 Å². The van der Waals surface area contributed by atoms with Gasteiger partial charge >= 0.3 is 0 Å². The number of hydrogen-bond donors (Lipinski definition) is 0. The van der Waals surface area contributed by atoms with Crippen molar-refractivity contribution >= 4 is 54.0 Å². The molecule has 4 rings (SSSR count). The van der Waals surface area contributed by atoms with E-state index in [1.54, 1.807) is 36.7 Å². The first-order valence-electron chi connectivity index (χ1n) is 9.98. The average molecular weight is 502 g/mol. The monoisotopic (exact) mass is 501 g/mol. The normalized spacial score (nSPS) is 11.5. The van der Waals surface area contributed by atoms with Crippen LogP contribution in [-0.4, -0.2) is 37.2 Å². The summed E-state index contributed by atoms with van der Waals surface area (Å²) in [6.45, 7) is 0.215. The molecule has 0 bridgehead atoms. The van der Waals surface area contributed by atoms with Crippen molar-refractivity contribution in [2.24, 2.45) is 0 Å². The molecule has 170 valence electrons. The molecule has 0 N–H and O–H groups in total. The molecule has 0 saturated heterocycles. The highest BCUT2D eigenvalue weighted by molar-refractivity contribution is 7.91. The molecular formula is C23H20ClN3O4S2. The summed E-state index contributed by atoms with van der Waals surface area (Å²) >= 11 is 7.59. The van der Waals surface area contributed by atoms with E-state index in [-0.39, 0.29) is 29.5 Å². The zero-order chi connectivity index (χ0) is 23.4. The van der Waals surface area contributed by atoms with E-state index in [4.69, 9.17) is 16.3 Å². The first-order valence-corrected chi connectivity index (χ1v) is 12.8. The second-order valence-electron chi connectivity index (χ2n) is 7.17. The van der Waals surface area contributed by atoms with Gasteiger partial charge in [-0.25, -0.2) is 13.4 Å². The Kier molecular flexibility index (Phi) is 6.92. The van der Waals surface area contributed by atoms with Crippen molar-refractivity contribution in [3.05, 3.63) is 77.6 Å². The Morgan fingerprint density at radius 2 is 1.91 bits per heavy atom. The fraction of sp³-hybridized carbons (Fsp3) is 0.174. The Morgan fingerprint density at radius 1 is 1.12 bits per heavy atom. The molecule has 4 aromatic rings. The number of halogens is 1. The molecule has 0 aliphatic heterocycles. The van der Waals surface area contributed by atoms with Gasteiger partial charge in [0.05, 0.1) is 34.0 Å². The standard InChI is InChI=1S/C23H20ClN3O4S2/c1-31-17-7-9-18(10-8-17)33(29,30)13-11-21(28)27(15-16-4-3-12-25-14-16)23-26-22-19(24)5-2-6-20(22)32-23/h2-10,12,14H,11,13,15H2,1H3. The van der Waals surface area contributed by atoms with Gasteiger partial charge in [0.1, 0.15) is 11.3 Å². The summed E-state index contributed by atoms with van der Waals surface area (Å²) in [5.41, 5.74) is 1.41. The van der Waals surface area contributed by atoms with Crippen LogP contribution >= 0.6 is 22.9 Å². The van der Waals surface area contributed by atoms with Gasteiger partial charge in [-0.3, -0.25) is 14.7 Å². The van der Waals surface area contributed by atoms with Crippen LogP contribution in [0.3, 0.4) is 0 Å². The van der Waals surface area contributed by atoms with E-state index in [1.807, 2.05) is 18.2 Å². The largest absolute Gasteiger partial charge is 0.497 e. The average Bonchev–Trinajstić information content (AvgIpc) is 3.27. The number of para-hydroxylation sites is 1. The smallest absolute Gasteiger partial charge is 0.230 e. The number of rotatable bonds is 8. The molecule has 2 aromatic carbocycles. The second-order valence-corrected chi connectivity index (χ2v) is 10.7. The van der Waals surface area contributed by atoms with Crippen LogP contribution in [0.25, 0.3) is 10.2 Å². The molecule has 10 heteroatoms. The molecule has 0 unspecified atom stereocenters. The van der Waals surface area contributed by atoms with Gasteiger partial charge < -0.3 is 4.74 Å². The zero-order valence-electron chi connectivity index (χ0n) is 17.6. The maximum atomic E-state index is 13.2. The van der Waals surface area contributed by atoms with Gasteiger partial charge in [0.15, 0.2) is 15.0 Å². The number of anilines is 1. The van der Waals surface area contributed by atoms with Crippen molar-refractivity contribution in [1.82, 2.24) is 9.97 Å². The topological polar surface area (TPSA) is 89.5 Å². The van der Waals surface area contributed by atoms with Gasteiger partial charge in [-0.2, -0.15) is 0 Å². The summed E-state index contributed by atoms with van der Waals surface area (Å²) < 4.78 is 31.5. The van der Waals surface area contributed by atoms with E-state index in [2.05, 4.69) is 9.97 Å².